The molecule has 1 atom stereocenters. The molecule has 2 aromatic rings. The van der Waals surface area contributed by atoms with E-state index < -0.39 is 6.10 Å². The predicted octanol–water partition coefficient (Wildman–Crippen LogP) is 3.12. The van der Waals surface area contributed by atoms with Gasteiger partial charge < -0.3 is 9.67 Å². The van der Waals surface area contributed by atoms with Gasteiger partial charge in [-0.15, -0.1) is 11.3 Å². The van der Waals surface area contributed by atoms with Gasteiger partial charge >= 0.3 is 0 Å². The Hall–Kier alpha value is -1.24. The molecule has 1 N–H and O–H groups in total. The van der Waals surface area contributed by atoms with Crippen molar-refractivity contribution in [3.8, 4) is 0 Å². The van der Waals surface area contributed by atoms with E-state index in [0.717, 1.165) is 38.3 Å². The summed E-state index contributed by atoms with van der Waals surface area (Å²) in [5.74, 6) is 1.08. The first-order chi connectivity index (χ1) is 11.3. The van der Waals surface area contributed by atoms with Crippen LogP contribution in [0.25, 0.3) is 0 Å². The van der Waals surface area contributed by atoms with E-state index in [1.165, 1.54) is 10.7 Å². The summed E-state index contributed by atoms with van der Waals surface area (Å²) in [5.41, 5.74) is 1.30. The Bertz CT molecular complexity index is 665. The third-order valence-electron chi connectivity index (χ3n) is 4.88. The van der Waals surface area contributed by atoms with Crippen LogP contribution in [0.2, 0.25) is 0 Å². The maximum atomic E-state index is 10.6. The number of aryl methyl sites for hydroxylation is 1. The van der Waals surface area contributed by atoms with E-state index in [1.807, 2.05) is 17.8 Å². The lowest BCUT2D eigenvalue weighted by atomic mass is 9.90. The predicted molar refractivity (Wildman–Crippen MR) is 97.0 cm³/mol. The van der Waals surface area contributed by atoms with Crippen molar-refractivity contribution >= 4 is 11.3 Å². The van der Waals surface area contributed by atoms with Crippen LogP contribution < -0.4 is 0 Å². The van der Waals surface area contributed by atoms with Crippen LogP contribution in [0.1, 0.15) is 56.2 Å². The van der Waals surface area contributed by atoms with Crippen LogP contribution in [0.4, 0.5) is 0 Å². The molecule has 5 nitrogen and oxygen atoms in total. The molecular formula is C18H28N4OS. The minimum absolute atomic E-state index is 0.119. The number of aliphatic hydroxyl groups is 1. The fourth-order valence-electron chi connectivity index (χ4n) is 3.22. The molecule has 132 valence electrons. The van der Waals surface area contributed by atoms with Crippen LogP contribution in [0.3, 0.4) is 0 Å². The van der Waals surface area contributed by atoms with Crippen LogP contribution in [0, 0.1) is 5.92 Å². The quantitative estimate of drug-likeness (QED) is 0.922. The molecule has 0 spiro atoms. The number of piperidine rings is 1. The highest BCUT2D eigenvalue weighted by Gasteiger charge is 2.29. The van der Waals surface area contributed by atoms with Crippen LogP contribution in [0.15, 0.2) is 17.8 Å². The molecule has 0 unspecified atom stereocenters. The van der Waals surface area contributed by atoms with Crippen molar-refractivity contribution in [3.63, 3.8) is 0 Å². The van der Waals surface area contributed by atoms with Crippen molar-refractivity contribution in [3.05, 3.63) is 34.3 Å². The van der Waals surface area contributed by atoms with Crippen molar-refractivity contribution in [1.29, 1.82) is 0 Å². The van der Waals surface area contributed by atoms with Gasteiger partial charge in [0, 0.05) is 30.2 Å². The average molecular weight is 349 g/mol. The van der Waals surface area contributed by atoms with Gasteiger partial charge in [-0.1, -0.05) is 20.8 Å². The minimum atomic E-state index is -0.459. The van der Waals surface area contributed by atoms with E-state index in [0.29, 0.717) is 5.92 Å². The molecule has 0 saturated carbocycles. The maximum absolute atomic E-state index is 10.6. The Kier molecular flexibility index (Phi) is 5.08. The normalized spacial score (nSPS) is 18.9. The van der Waals surface area contributed by atoms with Crippen molar-refractivity contribution in [2.45, 2.75) is 51.7 Å². The first kappa shape index (κ1) is 17.6. The van der Waals surface area contributed by atoms with E-state index in [4.69, 9.17) is 4.98 Å². The third kappa shape index (κ3) is 3.87. The summed E-state index contributed by atoms with van der Waals surface area (Å²) in [5, 5.41) is 14.0. The number of thiazole rings is 1. The minimum Gasteiger partial charge on any atom is -0.385 e. The zero-order valence-electron chi connectivity index (χ0n) is 15.1. The SMILES string of the molecule is Cn1ccnc1[C@@H](O)C1CCN(Cc2nc(C(C)(C)C)cs2)CC1. The summed E-state index contributed by atoms with van der Waals surface area (Å²) >= 11 is 1.76. The second-order valence-electron chi connectivity index (χ2n) is 7.83. The number of likely N-dealkylation sites (tertiary alicyclic amines) is 1. The molecule has 0 amide bonds. The van der Waals surface area contributed by atoms with E-state index in [1.54, 1.807) is 17.5 Å². The summed E-state index contributed by atoms with van der Waals surface area (Å²) in [6, 6.07) is 0. The molecule has 1 aliphatic rings. The molecule has 0 bridgehead atoms. The molecule has 1 fully saturated rings. The molecule has 3 rings (SSSR count). The van der Waals surface area contributed by atoms with Crippen LogP contribution in [-0.4, -0.2) is 37.6 Å². The lowest BCUT2D eigenvalue weighted by Gasteiger charge is -2.33. The first-order valence-electron chi connectivity index (χ1n) is 8.67. The monoisotopic (exact) mass is 348 g/mol. The highest BCUT2D eigenvalue weighted by molar-refractivity contribution is 7.09. The van der Waals surface area contributed by atoms with Gasteiger partial charge in [0.15, 0.2) is 0 Å². The lowest BCUT2D eigenvalue weighted by molar-refractivity contribution is 0.0492. The van der Waals surface area contributed by atoms with E-state index in [9.17, 15) is 5.11 Å². The highest BCUT2D eigenvalue weighted by atomic mass is 32.1. The number of aliphatic hydroxyl groups excluding tert-OH is 1. The molecule has 1 saturated heterocycles. The van der Waals surface area contributed by atoms with Crippen molar-refractivity contribution in [1.82, 2.24) is 19.4 Å². The summed E-state index contributed by atoms with van der Waals surface area (Å²) in [6.07, 6.45) is 5.20. The summed E-state index contributed by atoms with van der Waals surface area (Å²) < 4.78 is 1.92. The zero-order chi connectivity index (χ0) is 17.3. The molecule has 0 aliphatic carbocycles. The second-order valence-corrected chi connectivity index (χ2v) is 8.77. The molecule has 0 radical (unpaired) electrons. The fourth-order valence-corrected chi connectivity index (χ4v) is 4.28. The smallest absolute Gasteiger partial charge is 0.137 e. The number of rotatable bonds is 4. The summed E-state index contributed by atoms with van der Waals surface area (Å²) in [6.45, 7) is 9.56. The van der Waals surface area contributed by atoms with Crippen LogP contribution >= 0.6 is 11.3 Å². The van der Waals surface area contributed by atoms with Crippen molar-refractivity contribution in [2.75, 3.05) is 13.1 Å². The van der Waals surface area contributed by atoms with Gasteiger partial charge in [-0.2, -0.15) is 0 Å². The highest BCUT2D eigenvalue weighted by Crippen LogP contribution is 2.31. The average Bonchev–Trinajstić information content (AvgIpc) is 3.16. The Morgan fingerprint density at radius 2 is 2.04 bits per heavy atom. The fraction of sp³-hybridized carbons (Fsp3) is 0.667. The largest absolute Gasteiger partial charge is 0.385 e. The van der Waals surface area contributed by atoms with Gasteiger partial charge in [-0.05, 0) is 31.8 Å². The van der Waals surface area contributed by atoms with Crippen molar-refractivity contribution in [2.24, 2.45) is 13.0 Å². The Morgan fingerprint density at radius 3 is 2.58 bits per heavy atom. The zero-order valence-corrected chi connectivity index (χ0v) is 15.9. The van der Waals surface area contributed by atoms with Gasteiger partial charge in [0.2, 0.25) is 0 Å². The van der Waals surface area contributed by atoms with Gasteiger partial charge in [0.05, 0.1) is 12.2 Å². The third-order valence-corrected chi connectivity index (χ3v) is 5.71. The maximum Gasteiger partial charge on any atom is 0.137 e. The number of nitrogens with zero attached hydrogens (tertiary/aromatic N) is 4. The van der Waals surface area contributed by atoms with Gasteiger partial charge in [0.1, 0.15) is 16.9 Å². The van der Waals surface area contributed by atoms with E-state index in [-0.39, 0.29) is 5.41 Å². The van der Waals surface area contributed by atoms with Crippen LogP contribution in [0.5, 0.6) is 0 Å². The second kappa shape index (κ2) is 6.94. The number of hydrogen-bond donors (Lipinski definition) is 1. The molecule has 2 aromatic heterocycles. The summed E-state index contributed by atoms with van der Waals surface area (Å²) in [7, 11) is 1.94. The molecule has 24 heavy (non-hydrogen) atoms. The van der Waals surface area contributed by atoms with Crippen molar-refractivity contribution < 1.29 is 5.11 Å². The summed E-state index contributed by atoms with van der Waals surface area (Å²) in [4.78, 5) is 11.5. The Morgan fingerprint density at radius 1 is 1.33 bits per heavy atom. The Labute approximate surface area is 148 Å². The van der Waals surface area contributed by atoms with Crippen LogP contribution in [-0.2, 0) is 19.0 Å². The molecule has 1 aliphatic heterocycles. The number of aromatic nitrogens is 3. The molecular weight excluding hydrogens is 320 g/mol. The topological polar surface area (TPSA) is 54.2 Å². The number of hydrogen-bond acceptors (Lipinski definition) is 5. The van der Waals surface area contributed by atoms with E-state index >= 15 is 0 Å². The molecule has 6 heteroatoms. The van der Waals surface area contributed by atoms with Gasteiger partial charge in [-0.3, -0.25) is 4.90 Å². The van der Waals surface area contributed by atoms with E-state index in [2.05, 4.69) is 36.0 Å². The first-order valence-corrected chi connectivity index (χ1v) is 9.55. The molecule has 3 heterocycles. The Balaban J connectivity index is 1.54. The standard InChI is InChI=1S/C18H28N4OS/c1-18(2,3)14-12-24-15(20-14)11-22-8-5-13(6-9-22)16(23)17-19-7-10-21(17)4/h7,10,12-13,16,23H,5-6,8-9,11H2,1-4H3/t16-/m0/s1. The lowest BCUT2D eigenvalue weighted by Crippen LogP contribution is -2.35. The van der Waals surface area contributed by atoms with Gasteiger partial charge in [-0.25, -0.2) is 9.97 Å². The number of imidazole rings is 1. The van der Waals surface area contributed by atoms with Gasteiger partial charge in [0.25, 0.3) is 0 Å². The molecule has 0 aromatic carbocycles.